The summed E-state index contributed by atoms with van der Waals surface area (Å²) < 4.78 is 52.0. The minimum absolute atomic E-state index is 0.0290. The van der Waals surface area contributed by atoms with Gasteiger partial charge in [-0.25, -0.2) is 13.6 Å². The number of nitrogens with one attached hydrogen (secondary N) is 2. The molecule has 15 heteroatoms. The Balaban J connectivity index is 1.38. The fourth-order valence-electron chi connectivity index (χ4n) is 5.60. The molecule has 7 aliphatic heterocycles. The predicted molar refractivity (Wildman–Crippen MR) is 179 cm³/mol. The van der Waals surface area contributed by atoms with Crippen LogP contribution in [0.4, 0.5) is 0 Å². The highest BCUT2D eigenvalue weighted by molar-refractivity contribution is 7.89. The zero-order valence-electron chi connectivity index (χ0n) is 27.4. The number of nitrogens with two attached hydrogens (primary N) is 1. The molecular formula is C34H40N4O10S. The number of rotatable bonds is 6. The summed E-state index contributed by atoms with van der Waals surface area (Å²) in [6.45, 7) is 1.06. The number of sulfonamides is 1. The number of hydrogen-bond acceptors (Lipinski definition) is 10. The number of likely N-dealkylation sites (tertiary alicyclic amines) is 1. The van der Waals surface area contributed by atoms with E-state index in [-0.39, 0.29) is 81.9 Å². The van der Waals surface area contributed by atoms with Gasteiger partial charge in [0.2, 0.25) is 15.9 Å². The Kier molecular flexibility index (Phi) is 11.1. The summed E-state index contributed by atoms with van der Waals surface area (Å²) in [7, 11) is -0.683. The van der Waals surface area contributed by atoms with Crippen molar-refractivity contribution in [3.8, 4) is 34.5 Å². The van der Waals surface area contributed by atoms with Gasteiger partial charge in [-0.15, -0.1) is 0 Å². The molecule has 262 valence electrons. The second kappa shape index (κ2) is 15.5. The van der Waals surface area contributed by atoms with Crippen LogP contribution in [-0.2, 0) is 26.2 Å². The zero-order valence-corrected chi connectivity index (χ0v) is 28.2. The predicted octanol–water partition coefficient (Wildman–Crippen LogP) is 2.74. The van der Waals surface area contributed by atoms with Gasteiger partial charge in [0, 0.05) is 44.5 Å². The number of methoxy groups -OCH3 is 2. The summed E-state index contributed by atoms with van der Waals surface area (Å²) >= 11 is 0. The van der Waals surface area contributed by atoms with Crippen LogP contribution in [0.3, 0.4) is 0 Å². The number of ether oxygens (including phenoxy) is 5. The Morgan fingerprint density at radius 2 is 1.57 bits per heavy atom. The van der Waals surface area contributed by atoms with Gasteiger partial charge in [-0.2, -0.15) is 0 Å². The van der Waals surface area contributed by atoms with E-state index in [0.717, 1.165) is 5.56 Å². The van der Waals surface area contributed by atoms with Gasteiger partial charge in [0.05, 0.1) is 26.5 Å². The topological polar surface area (TPSA) is 185 Å². The standard InChI is InChI=1S/C34H40N4O10S/c1-44-29-20-23-5-11-27(29)47-28-12-6-24(21-30(28)45-2)32(40)36-15-18-46-25-7-9-26(10-8-25)48-34(33(41)37-22-23)13-16-38(17-14-34)31(39)4-3-19-49(35,42)43/h5-12,20-21H,3-4,13-19,22H2,1-2H3,(H,36,40)(H,37,41)(H2,35,42,43). The molecule has 7 heterocycles. The Bertz CT molecular complexity index is 1770. The molecule has 1 spiro atoms. The van der Waals surface area contributed by atoms with E-state index in [2.05, 4.69) is 10.6 Å². The number of primary sulfonamides is 1. The Morgan fingerprint density at radius 1 is 0.918 bits per heavy atom. The fraction of sp³-hybridized carbons (Fsp3) is 0.382. The lowest BCUT2D eigenvalue weighted by Crippen LogP contribution is -2.58. The summed E-state index contributed by atoms with van der Waals surface area (Å²) in [4.78, 5) is 41.2. The van der Waals surface area contributed by atoms with Crippen molar-refractivity contribution in [1.82, 2.24) is 15.5 Å². The van der Waals surface area contributed by atoms with Crippen LogP contribution in [0.25, 0.3) is 0 Å². The van der Waals surface area contributed by atoms with Gasteiger partial charge in [0.25, 0.3) is 11.8 Å². The molecule has 4 N–H and O–H groups in total. The van der Waals surface area contributed by atoms with Gasteiger partial charge in [-0.3, -0.25) is 14.4 Å². The number of nitrogens with zero attached hydrogens (tertiary/aromatic N) is 1. The van der Waals surface area contributed by atoms with Gasteiger partial charge >= 0.3 is 0 Å². The molecule has 0 unspecified atom stereocenters. The molecule has 3 amide bonds. The molecule has 0 radical (unpaired) electrons. The molecule has 0 atom stereocenters. The fourth-order valence-corrected chi connectivity index (χ4v) is 6.15. The molecule has 10 rings (SSSR count). The van der Waals surface area contributed by atoms with Crippen LogP contribution in [-0.4, -0.2) is 82.9 Å². The van der Waals surface area contributed by atoms with E-state index >= 15 is 0 Å². The first-order chi connectivity index (χ1) is 23.5. The van der Waals surface area contributed by atoms with Crippen molar-refractivity contribution in [2.24, 2.45) is 5.14 Å². The average molecular weight is 697 g/mol. The lowest BCUT2D eigenvalue weighted by atomic mass is 9.89. The minimum Gasteiger partial charge on any atom is -0.493 e. The van der Waals surface area contributed by atoms with E-state index in [9.17, 15) is 22.8 Å². The molecule has 14 nitrogen and oxygen atoms in total. The van der Waals surface area contributed by atoms with Crippen LogP contribution in [0.15, 0.2) is 60.7 Å². The van der Waals surface area contributed by atoms with Crippen molar-refractivity contribution < 1.29 is 46.5 Å². The van der Waals surface area contributed by atoms with Gasteiger partial charge in [0.1, 0.15) is 18.1 Å². The number of amides is 3. The van der Waals surface area contributed by atoms with E-state index < -0.39 is 15.6 Å². The molecule has 6 bridgehead atoms. The summed E-state index contributed by atoms with van der Waals surface area (Å²) in [5, 5.41) is 10.9. The van der Waals surface area contributed by atoms with Gasteiger partial charge in [-0.1, -0.05) is 6.07 Å². The van der Waals surface area contributed by atoms with Gasteiger partial charge in [0.15, 0.2) is 28.6 Å². The van der Waals surface area contributed by atoms with Crippen molar-refractivity contribution in [3.05, 3.63) is 71.8 Å². The smallest absolute Gasteiger partial charge is 0.264 e. The van der Waals surface area contributed by atoms with Crippen LogP contribution in [0, 0.1) is 0 Å². The monoisotopic (exact) mass is 696 g/mol. The summed E-state index contributed by atoms with van der Waals surface area (Å²) in [6, 6.07) is 16.9. The van der Waals surface area contributed by atoms with E-state index in [0.29, 0.717) is 40.1 Å². The van der Waals surface area contributed by atoms with Crippen LogP contribution in [0.1, 0.15) is 41.6 Å². The SMILES string of the molecule is COc1cc2ccc1Oc1ccc(cc1OC)C(=O)NCCOc1ccc(cc1)OC1(CCN(C(=O)CCCS(N)(=O)=O)CC1)C(=O)NC2. The quantitative estimate of drug-likeness (QED) is 0.346. The number of carbonyl (C=O) groups excluding carboxylic acids is 3. The normalized spacial score (nSPS) is 16.6. The summed E-state index contributed by atoms with van der Waals surface area (Å²) in [5.74, 6) is 1.34. The Morgan fingerprint density at radius 3 is 2.24 bits per heavy atom. The molecule has 0 aromatic heterocycles. The van der Waals surface area contributed by atoms with E-state index in [1.54, 1.807) is 65.6 Å². The average Bonchev–Trinajstić information content (AvgIpc) is 3.09. The summed E-state index contributed by atoms with van der Waals surface area (Å²) in [5.41, 5.74) is -0.183. The molecule has 3 aromatic rings. The highest BCUT2D eigenvalue weighted by atomic mass is 32.2. The second-order valence-electron chi connectivity index (χ2n) is 11.7. The first-order valence-electron chi connectivity index (χ1n) is 15.8. The van der Waals surface area contributed by atoms with Crippen molar-refractivity contribution in [2.75, 3.05) is 46.2 Å². The third kappa shape index (κ3) is 9.12. The highest BCUT2D eigenvalue weighted by Gasteiger charge is 2.44. The first-order valence-corrected chi connectivity index (χ1v) is 17.5. The van der Waals surface area contributed by atoms with E-state index in [4.69, 9.17) is 28.8 Å². The molecule has 0 aliphatic carbocycles. The largest absolute Gasteiger partial charge is 0.493 e. The van der Waals surface area contributed by atoms with Crippen molar-refractivity contribution in [3.63, 3.8) is 0 Å². The lowest BCUT2D eigenvalue weighted by molar-refractivity contribution is -0.146. The van der Waals surface area contributed by atoms with Gasteiger partial charge < -0.3 is 39.2 Å². The molecule has 0 saturated carbocycles. The van der Waals surface area contributed by atoms with Crippen LogP contribution in [0.5, 0.6) is 34.5 Å². The second-order valence-corrected chi connectivity index (χ2v) is 13.4. The molecule has 1 saturated heterocycles. The number of carbonyl (C=O) groups is 3. The Hall–Kier alpha value is -5.02. The highest BCUT2D eigenvalue weighted by Crippen LogP contribution is 2.38. The maximum atomic E-state index is 13.9. The molecule has 49 heavy (non-hydrogen) atoms. The molecule has 7 aliphatic rings. The van der Waals surface area contributed by atoms with Crippen LogP contribution >= 0.6 is 0 Å². The number of piperidine rings is 1. The summed E-state index contributed by atoms with van der Waals surface area (Å²) in [6.07, 6.45) is 0.550. The molecular weight excluding hydrogens is 656 g/mol. The number of benzene rings is 3. The third-order valence-corrected chi connectivity index (χ3v) is 9.13. The van der Waals surface area contributed by atoms with E-state index in [1.807, 2.05) is 0 Å². The third-order valence-electron chi connectivity index (χ3n) is 8.28. The van der Waals surface area contributed by atoms with Crippen molar-refractivity contribution in [2.45, 2.75) is 37.8 Å². The van der Waals surface area contributed by atoms with Crippen LogP contribution in [0.2, 0.25) is 0 Å². The van der Waals surface area contributed by atoms with Crippen LogP contribution < -0.4 is 39.5 Å². The maximum Gasteiger partial charge on any atom is 0.264 e. The van der Waals surface area contributed by atoms with E-state index in [1.165, 1.54) is 14.2 Å². The minimum atomic E-state index is -3.67. The molecule has 3 aromatic carbocycles. The maximum absolute atomic E-state index is 13.9. The Labute approximate surface area is 284 Å². The van der Waals surface area contributed by atoms with Crippen molar-refractivity contribution >= 4 is 27.7 Å². The van der Waals surface area contributed by atoms with Crippen molar-refractivity contribution in [1.29, 1.82) is 0 Å². The lowest BCUT2D eigenvalue weighted by Gasteiger charge is -2.40. The number of hydrogen-bond donors (Lipinski definition) is 3. The van der Waals surface area contributed by atoms with Gasteiger partial charge in [-0.05, 0) is 66.6 Å². The first kappa shape index (κ1) is 35.3. The molecule has 1 fully saturated rings. The zero-order chi connectivity index (χ0) is 35.0.